The molecule has 0 unspecified atom stereocenters. The molecule has 0 aliphatic rings. The Labute approximate surface area is 204 Å². The first-order chi connectivity index (χ1) is 14.7. The van der Waals surface area contributed by atoms with E-state index in [4.69, 9.17) is 0 Å². The van der Waals surface area contributed by atoms with Crippen LogP contribution in [-0.4, -0.2) is 28.1 Å². The number of nitro groups is 1. The van der Waals surface area contributed by atoms with Crippen LogP contribution in [0, 0.1) is 10.1 Å². The van der Waals surface area contributed by atoms with Gasteiger partial charge in [-0.25, -0.2) is 0 Å². The first-order valence-corrected chi connectivity index (χ1v) is 10.1. The molecule has 4 aromatic rings. The first-order valence-electron chi connectivity index (χ1n) is 8.71. The number of rotatable bonds is 4. The van der Waals surface area contributed by atoms with Gasteiger partial charge in [-0.05, 0) is 17.5 Å². The van der Waals surface area contributed by atoms with E-state index in [1.807, 2.05) is 6.07 Å². The molecule has 0 saturated heterocycles. The molecule has 0 aliphatic carbocycles. The number of non-ortho nitro benzene ring substituents is 1. The van der Waals surface area contributed by atoms with Crippen LogP contribution in [0.1, 0.15) is 1.43 Å². The van der Waals surface area contributed by atoms with Gasteiger partial charge in [0.05, 0.1) is 4.92 Å². The van der Waals surface area contributed by atoms with Crippen LogP contribution < -0.4 is 29.6 Å². The first kappa shape index (κ1) is 23.6. The molecule has 0 saturated carbocycles. The van der Waals surface area contributed by atoms with Gasteiger partial charge in [-0.15, -0.1) is 10.2 Å². The van der Waals surface area contributed by atoms with E-state index in [-0.39, 0.29) is 58.9 Å². The van der Waals surface area contributed by atoms with Crippen LogP contribution in [0.5, 0.6) is 11.5 Å². The molecule has 0 radical (unpaired) electrons. The molecule has 0 atom stereocenters. The zero-order chi connectivity index (χ0) is 22.3. The van der Waals surface area contributed by atoms with Crippen LogP contribution in [0.3, 0.4) is 0 Å². The zero-order valence-corrected chi connectivity index (χ0v) is 19.3. The Hall–Kier alpha value is -3.09. The van der Waals surface area contributed by atoms with Gasteiger partial charge in [-0.3, -0.25) is 14.7 Å². The van der Waals surface area contributed by atoms with Gasteiger partial charge in [-0.1, -0.05) is 30.3 Å². The van der Waals surface area contributed by atoms with Crippen molar-refractivity contribution >= 4 is 48.7 Å². The molecule has 10 nitrogen and oxygen atoms in total. The van der Waals surface area contributed by atoms with Crippen molar-refractivity contribution in [2.75, 3.05) is 0 Å². The van der Waals surface area contributed by atoms with E-state index in [1.165, 1.54) is 12.1 Å². The average Bonchev–Trinajstić information content (AvgIpc) is 2.73. The van der Waals surface area contributed by atoms with Crippen molar-refractivity contribution in [1.82, 2.24) is 0 Å². The number of aromatic hydroxyl groups is 2. The summed E-state index contributed by atoms with van der Waals surface area (Å²) in [5.74, 6) is -0.770. The van der Waals surface area contributed by atoms with Gasteiger partial charge in [0, 0.05) is 34.4 Å². The molecule has 158 valence electrons. The van der Waals surface area contributed by atoms with Gasteiger partial charge >= 0.3 is 29.6 Å². The normalized spacial score (nSPS) is 11.7. The van der Waals surface area contributed by atoms with Crippen molar-refractivity contribution in [2.24, 2.45) is 10.2 Å². The molecule has 4 rings (SSSR count). The Kier molecular flexibility index (Phi) is 6.49. The molecule has 0 fully saturated rings. The maximum absolute atomic E-state index is 11.7. The number of nitro benzene ring substituents is 1. The topological polar surface area (TPSA) is 163 Å². The molecule has 4 aromatic carbocycles. The van der Waals surface area contributed by atoms with Crippen molar-refractivity contribution in [3.63, 3.8) is 0 Å². The second kappa shape index (κ2) is 8.81. The van der Waals surface area contributed by atoms with Crippen LogP contribution >= 0.6 is 0 Å². The minimum absolute atomic E-state index is 0. The van der Waals surface area contributed by atoms with E-state index in [1.54, 1.807) is 24.3 Å². The standard InChI is InChI=1S/C20H13N3O7S.Na.H/c24-17-10-18(31(28,29)30)15-9-12(23(26)27)6-7-14(15)19(17)22-21-16-8-5-11-3-1-2-4-13(11)20(16)25;;/h1-10,24-25H,(H,28,29,30);;/q;+1;-1. The van der Waals surface area contributed by atoms with Gasteiger partial charge in [0.25, 0.3) is 15.8 Å². The summed E-state index contributed by atoms with van der Waals surface area (Å²) in [5.41, 5.74) is -0.518. The molecule has 0 amide bonds. The third-order valence-corrected chi connectivity index (χ3v) is 5.55. The van der Waals surface area contributed by atoms with Crippen LogP contribution in [0.15, 0.2) is 75.8 Å². The van der Waals surface area contributed by atoms with Gasteiger partial charge in [0.2, 0.25) is 0 Å². The summed E-state index contributed by atoms with van der Waals surface area (Å²) in [5, 5.41) is 40.9. The maximum atomic E-state index is 11.7. The summed E-state index contributed by atoms with van der Waals surface area (Å²) in [4.78, 5) is 9.65. The monoisotopic (exact) mass is 463 g/mol. The predicted octanol–water partition coefficient (Wildman–Crippen LogP) is 2.09. The van der Waals surface area contributed by atoms with E-state index in [0.717, 1.165) is 23.6 Å². The number of phenols is 2. The van der Waals surface area contributed by atoms with E-state index in [0.29, 0.717) is 5.39 Å². The van der Waals surface area contributed by atoms with Gasteiger partial charge in [0.1, 0.15) is 22.0 Å². The SMILES string of the molecule is O=[N+]([O-])c1ccc2c(N=Nc3ccc4ccccc4c3O)c(O)cc(S(=O)(=O)O)c2c1.[H-].[Na+]. The minimum Gasteiger partial charge on any atom is -1.00 e. The molecule has 0 aromatic heterocycles. The molecule has 0 spiro atoms. The fourth-order valence-corrected chi connectivity index (χ4v) is 3.92. The Morgan fingerprint density at radius 2 is 1.62 bits per heavy atom. The van der Waals surface area contributed by atoms with Gasteiger partial charge in [0.15, 0.2) is 5.75 Å². The maximum Gasteiger partial charge on any atom is 1.00 e. The van der Waals surface area contributed by atoms with Crippen molar-refractivity contribution in [3.8, 4) is 11.5 Å². The number of phenolic OH excluding ortho intramolecular Hbond substituents is 2. The van der Waals surface area contributed by atoms with Gasteiger partial charge in [-0.2, -0.15) is 8.42 Å². The smallest absolute Gasteiger partial charge is 1.00 e. The molecule has 32 heavy (non-hydrogen) atoms. The quantitative estimate of drug-likeness (QED) is 0.137. The van der Waals surface area contributed by atoms with Gasteiger partial charge < -0.3 is 11.6 Å². The van der Waals surface area contributed by atoms with Crippen molar-refractivity contribution in [3.05, 3.63) is 70.8 Å². The summed E-state index contributed by atoms with van der Waals surface area (Å²) in [7, 11) is -4.80. The number of nitrogens with zero attached hydrogens (tertiary/aromatic N) is 3. The predicted molar refractivity (Wildman–Crippen MR) is 113 cm³/mol. The zero-order valence-electron chi connectivity index (χ0n) is 17.5. The third-order valence-electron chi connectivity index (χ3n) is 4.66. The van der Waals surface area contributed by atoms with Crippen LogP contribution in [-0.2, 0) is 10.1 Å². The number of hydrogen-bond acceptors (Lipinski definition) is 8. The molecule has 0 aliphatic heterocycles. The average molecular weight is 463 g/mol. The molecule has 0 heterocycles. The molecule has 3 N–H and O–H groups in total. The summed E-state index contributed by atoms with van der Waals surface area (Å²) >= 11 is 0. The molecule has 0 bridgehead atoms. The Morgan fingerprint density at radius 3 is 2.31 bits per heavy atom. The van der Waals surface area contributed by atoms with E-state index >= 15 is 0 Å². The summed E-state index contributed by atoms with van der Waals surface area (Å²) in [6, 6.07) is 14.2. The Bertz CT molecular complexity index is 1530. The Balaban J connectivity index is 0.00000193. The molecular formula is C20H14N3NaO7S. The number of fused-ring (bicyclic) bond motifs is 2. The van der Waals surface area contributed by atoms with Crippen LogP contribution in [0.25, 0.3) is 21.5 Å². The molecular weight excluding hydrogens is 449 g/mol. The Morgan fingerprint density at radius 1 is 0.906 bits per heavy atom. The van der Waals surface area contributed by atoms with E-state index in [2.05, 4.69) is 10.2 Å². The van der Waals surface area contributed by atoms with E-state index < -0.39 is 31.4 Å². The van der Waals surface area contributed by atoms with Crippen molar-refractivity contribution < 1.29 is 59.1 Å². The largest absolute Gasteiger partial charge is 1.00 e. The number of benzene rings is 4. The van der Waals surface area contributed by atoms with E-state index in [9.17, 15) is 33.3 Å². The summed E-state index contributed by atoms with van der Waals surface area (Å²) < 4.78 is 32.9. The summed E-state index contributed by atoms with van der Waals surface area (Å²) in [6.07, 6.45) is 0. The fraction of sp³-hybridized carbons (Fsp3) is 0. The second-order valence-corrected chi connectivity index (χ2v) is 7.95. The summed E-state index contributed by atoms with van der Waals surface area (Å²) in [6.45, 7) is 0. The van der Waals surface area contributed by atoms with Crippen LogP contribution in [0.4, 0.5) is 17.1 Å². The number of azo groups is 1. The minimum atomic E-state index is -4.80. The second-order valence-electron chi connectivity index (χ2n) is 6.56. The third kappa shape index (κ3) is 4.29. The van der Waals surface area contributed by atoms with Crippen molar-refractivity contribution in [1.29, 1.82) is 0 Å². The fourth-order valence-electron chi connectivity index (χ4n) is 3.21. The molecule has 12 heteroatoms. The number of hydrogen-bond donors (Lipinski definition) is 3. The van der Waals surface area contributed by atoms with Crippen LogP contribution in [0.2, 0.25) is 0 Å². The van der Waals surface area contributed by atoms with Crippen molar-refractivity contribution in [2.45, 2.75) is 4.90 Å².